The molecule has 0 aliphatic rings. The van der Waals surface area contributed by atoms with E-state index < -0.39 is 144 Å². The number of rotatable bonds is 7. The average Bonchev–Trinajstić information content (AvgIpc) is 3.20. The number of ether oxygens (including phenoxy) is 1. The van der Waals surface area contributed by atoms with Crippen LogP contribution in [0.1, 0.15) is 15.9 Å². The van der Waals surface area contributed by atoms with Crippen molar-refractivity contribution in [2.75, 3.05) is 19.6 Å². The lowest BCUT2D eigenvalue weighted by Gasteiger charge is -2.44. The van der Waals surface area contributed by atoms with Gasteiger partial charge in [-0.3, -0.25) is 0 Å². The first-order valence-corrected chi connectivity index (χ1v) is 17.5. The van der Waals surface area contributed by atoms with Crippen LogP contribution in [0.25, 0.3) is 0 Å². The van der Waals surface area contributed by atoms with Crippen LogP contribution in [0.4, 0.5) is 87.8 Å². The van der Waals surface area contributed by atoms with Gasteiger partial charge in [0.25, 0.3) is 0 Å². The minimum absolute atomic E-state index is 0.265. The van der Waals surface area contributed by atoms with Gasteiger partial charge in [0, 0.05) is 5.56 Å². The third kappa shape index (κ3) is 7.43. The molecule has 0 N–H and O–H groups in total. The SMILES string of the molecule is COC(=O)c1cccc(C[S+](C)C)c1.Fc1c(F)c(F)c([B-](c2c(F)c(F)c(F)c(F)c2F)(c2c(F)c(F)c(F)c(F)c2F)c2c(F)c(F)c(F)c(F)c2F)c(F)c1F. The summed E-state index contributed by atoms with van der Waals surface area (Å²) in [5.74, 6) is -70.7. The third-order valence-electron chi connectivity index (χ3n) is 8.51. The summed E-state index contributed by atoms with van der Waals surface area (Å²) in [5, 5.41) is 0. The van der Waals surface area contributed by atoms with Crippen LogP contribution in [0.15, 0.2) is 24.3 Å². The van der Waals surface area contributed by atoms with Gasteiger partial charge in [-0.2, -0.15) is 0 Å². The van der Waals surface area contributed by atoms with Gasteiger partial charge in [0.1, 0.15) is 58.4 Å². The monoisotopic (exact) mass is 890 g/mol. The van der Waals surface area contributed by atoms with Crippen LogP contribution in [-0.4, -0.2) is 31.7 Å². The second-order valence-corrected chi connectivity index (χ2v) is 14.4. The van der Waals surface area contributed by atoms with E-state index in [1.807, 2.05) is 18.2 Å². The molecule has 5 rings (SSSR count). The van der Waals surface area contributed by atoms with E-state index >= 15 is 35.1 Å². The molecule has 0 saturated carbocycles. The molecular weight excluding hydrogens is 875 g/mol. The molecule has 5 aromatic rings. The maximum Gasteiger partial charge on any atom is 0.337 e. The Labute approximate surface area is 319 Å². The summed E-state index contributed by atoms with van der Waals surface area (Å²) in [5.41, 5.74) is -12.5. The first-order chi connectivity index (χ1) is 27.3. The Morgan fingerprint density at radius 2 is 0.678 bits per heavy atom. The van der Waals surface area contributed by atoms with Gasteiger partial charge in [-0.05, 0) is 23.0 Å². The lowest BCUT2D eigenvalue weighted by Crippen LogP contribution is -2.81. The van der Waals surface area contributed by atoms with Crippen LogP contribution in [-0.2, 0) is 21.4 Å². The van der Waals surface area contributed by atoms with Gasteiger partial charge in [0.15, 0.2) is 69.8 Å². The Bertz CT molecular complexity index is 2150. The lowest BCUT2D eigenvalue weighted by atomic mass is 9.12. The van der Waals surface area contributed by atoms with Crippen LogP contribution in [0.5, 0.6) is 0 Å². The van der Waals surface area contributed by atoms with Crippen molar-refractivity contribution in [3.8, 4) is 0 Å². The number of methoxy groups -OCH3 is 1. The van der Waals surface area contributed by atoms with Gasteiger partial charge in [-0.25, -0.2) is 92.6 Å². The number of benzene rings is 5. The second-order valence-electron chi connectivity index (χ2n) is 12.1. The van der Waals surface area contributed by atoms with E-state index in [0.29, 0.717) is 16.5 Å². The van der Waals surface area contributed by atoms with Crippen LogP contribution in [0.3, 0.4) is 0 Å². The molecule has 0 saturated heterocycles. The Kier molecular flexibility index (Phi) is 13.4. The fourth-order valence-electron chi connectivity index (χ4n) is 6.11. The molecule has 0 spiro atoms. The number of esters is 1. The molecule has 0 unspecified atom stereocenters. The molecule has 0 fully saturated rings. The topological polar surface area (TPSA) is 26.3 Å². The van der Waals surface area contributed by atoms with Gasteiger partial charge >= 0.3 is 5.97 Å². The van der Waals surface area contributed by atoms with Crippen molar-refractivity contribution in [2.45, 2.75) is 5.75 Å². The van der Waals surface area contributed by atoms with E-state index in [0.717, 1.165) is 5.75 Å². The van der Waals surface area contributed by atoms with Gasteiger partial charge < -0.3 is 4.74 Å². The van der Waals surface area contributed by atoms with Crippen molar-refractivity contribution >= 4 is 44.9 Å². The minimum atomic E-state index is -7.22. The van der Waals surface area contributed by atoms with Gasteiger partial charge in [-0.15, -0.1) is 21.9 Å². The molecule has 0 aliphatic carbocycles. The van der Waals surface area contributed by atoms with Crippen molar-refractivity contribution in [1.82, 2.24) is 0 Å². The molecule has 0 amide bonds. The summed E-state index contributed by atoms with van der Waals surface area (Å²) in [7, 11) is 1.76. The van der Waals surface area contributed by atoms with Crippen LogP contribution >= 0.6 is 0 Å². The van der Waals surface area contributed by atoms with Crippen molar-refractivity contribution in [3.63, 3.8) is 0 Å². The molecule has 0 aliphatic heterocycles. The number of carbonyl (C=O) groups excluding carboxylic acids is 1. The van der Waals surface area contributed by atoms with Crippen molar-refractivity contribution < 1.29 is 97.3 Å². The predicted molar refractivity (Wildman–Crippen MR) is 170 cm³/mol. The second kappa shape index (κ2) is 17.1. The standard InChI is InChI=1S/C24BF20.C11H15O2S/c26-5-1(6(27)14(35)21(42)13(5)34)25(2-7(28)15(36)22(43)16(37)8(2)29,3-9(30)17(38)23(44)18(39)10(3)31)4-11(32)19(40)24(45)20(41)12(4)33;1-13-11(12)10-6-4-5-9(7-10)8-14(2)3/h;4-7H,8H2,1-3H3/q-1;+1. The Morgan fingerprint density at radius 3 is 0.898 bits per heavy atom. The molecule has 2 nitrogen and oxygen atoms in total. The minimum Gasteiger partial charge on any atom is -0.465 e. The lowest BCUT2D eigenvalue weighted by molar-refractivity contribution is 0.0600. The van der Waals surface area contributed by atoms with Gasteiger partial charge in [-0.1, -0.05) is 12.1 Å². The molecule has 5 aromatic carbocycles. The predicted octanol–water partition coefficient (Wildman–Crippen LogP) is 7.70. The summed E-state index contributed by atoms with van der Waals surface area (Å²) in [6.07, 6.45) is -2.85. The number of carbonyl (C=O) groups is 1. The number of hydrogen-bond acceptors (Lipinski definition) is 2. The van der Waals surface area contributed by atoms with E-state index in [-0.39, 0.29) is 5.97 Å². The van der Waals surface area contributed by atoms with E-state index in [2.05, 4.69) is 17.2 Å². The highest BCUT2D eigenvalue weighted by atomic mass is 32.2. The fraction of sp³-hybridized carbons (Fsp3) is 0.114. The van der Waals surface area contributed by atoms with Gasteiger partial charge in [0.2, 0.25) is 0 Å². The molecule has 59 heavy (non-hydrogen) atoms. The molecule has 0 atom stereocenters. The fourth-order valence-corrected chi connectivity index (χ4v) is 6.96. The third-order valence-corrected chi connectivity index (χ3v) is 9.42. The van der Waals surface area contributed by atoms with Crippen LogP contribution in [0.2, 0.25) is 0 Å². The first-order valence-electron chi connectivity index (χ1n) is 15.3. The zero-order valence-electron chi connectivity index (χ0n) is 28.9. The average molecular weight is 890 g/mol. The highest BCUT2D eigenvalue weighted by Crippen LogP contribution is 2.30. The quantitative estimate of drug-likeness (QED) is 0.0419. The highest BCUT2D eigenvalue weighted by Gasteiger charge is 2.52. The summed E-state index contributed by atoms with van der Waals surface area (Å²) < 4.78 is 299. The van der Waals surface area contributed by atoms with E-state index in [1.165, 1.54) is 12.7 Å². The molecule has 316 valence electrons. The molecule has 0 bridgehead atoms. The summed E-state index contributed by atoms with van der Waals surface area (Å²) in [6, 6.07) is 7.62. The van der Waals surface area contributed by atoms with Crippen LogP contribution < -0.4 is 21.9 Å². The van der Waals surface area contributed by atoms with Crippen molar-refractivity contribution in [2.24, 2.45) is 0 Å². The van der Waals surface area contributed by atoms with Crippen molar-refractivity contribution in [3.05, 3.63) is 152 Å². The first kappa shape index (κ1) is 46.3. The van der Waals surface area contributed by atoms with Crippen LogP contribution in [0, 0.1) is 116 Å². The Balaban J connectivity index is 0.000000464. The largest absolute Gasteiger partial charge is 0.465 e. The maximum absolute atomic E-state index is 15.4. The molecule has 0 aromatic heterocycles. The highest BCUT2D eigenvalue weighted by molar-refractivity contribution is 7.94. The van der Waals surface area contributed by atoms with E-state index in [1.54, 1.807) is 6.07 Å². The number of hydrogen-bond donors (Lipinski definition) is 0. The maximum atomic E-state index is 15.4. The zero-order valence-corrected chi connectivity index (χ0v) is 29.7. The summed E-state index contributed by atoms with van der Waals surface area (Å²) in [4.78, 5) is 11.2. The normalized spacial score (nSPS) is 11.6. The Hall–Kier alpha value is -5.42. The van der Waals surface area contributed by atoms with Gasteiger partial charge in [0.05, 0.1) is 25.2 Å². The van der Waals surface area contributed by atoms with E-state index in [9.17, 15) is 57.5 Å². The number of halogens is 20. The summed E-state index contributed by atoms with van der Waals surface area (Å²) in [6.45, 7) is 0. The zero-order chi connectivity index (χ0) is 44.9. The molecule has 0 heterocycles. The summed E-state index contributed by atoms with van der Waals surface area (Å²) >= 11 is 0. The molecular formula is C35H15BF20O2S. The molecule has 24 heteroatoms. The van der Waals surface area contributed by atoms with E-state index in [4.69, 9.17) is 0 Å². The van der Waals surface area contributed by atoms with Crippen molar-refractivity contribution in [1.29, 1.82) is 0 Å². The molecule has 0 radical (unpaired) electrons. The smallest absolute Gasteiger partial charge is 0.337 e. The Morgan fingerprint density at radius 1 is 0.441 bits per heavy atom.